The molecule has 3 unspecified atom stereocenters. The number of nitrogens with zero attached hydrogens (tertiary/aromatic N) is 1. The molecule has 0 aromatic rings. The molecule has 1 heterocycles. The molecule has 0 spiro atoms. The molecule has 3 atom stereocenters. The predicted molar refractivity (Wildman–Crippen MR) is 77.1 cm³/mol. The Morgan fingerprint density at radius 2 is 1.95 bits per heavy atom. The summed E-state index contributed by atoms with van der Waals surface area (Å²) in [5.41, 5.74) is 0. The zero-order valence-electron chi connectivity index (χ0n) is 12.7. The molecular weight excluding hydrogens is 238 g/mol. The highest BCUT2D eigenvalue weighted by Crippen LogP contribution is 2.32. The Bertz CT molecular complexity index is 297. The first-order valence-electron chi connectivity index (χ1n) is 7.96. The lowest BCUT2D eigenvalue weighted by atomic mass is 9.74. The zero-order chi connectivity index (χ0) is 13.8. The van der Waals surface area contributed by atoms with Gasteiger partial charge in [-0.2, -0.15) is 0 Å². The van der Waals surface area contributed by atoms with Gasteiger partial charge in [0.15, 0.2) is 0 Å². The maximum absolute atomic E-state index is 12.2. The number of Topliss-reactive ketones (excluding diaryl/α,β-unsaturated/α-hetero) is 1. The largest absolute Gasteiger partial charge is 0.378 e. The quantitative estimate of drug-likeness (QED) is 0.784. The van der Waals surface area contributed by atoms with Crippen LogP contribution < -0.4 is 0 Å². The lowest BCUT2D eigenvalue weighted by Crippen LogP contribution is -2.44. The first kappa shape index (κ1) is 15.0. The van der Waals surface area contributed by atoms with Crippen molar-refractivity contribution in [3.05, 3.63) is 0 Å². The number of ketones is 1. The van der Waals surface area contributed by atoms with Crippen molar-refractivity contribution in [2.24, 2.45) is 17.8 Å². The van der Waals surface area contributed by atoms with Crippen LogP contribution in [0.1, 0.15) is 46.5 Å². The number of carbonyl (C=O) groups is 1. The fraction of sp³-hybridized carbons (Fsp3) is 0.938. The predicted octanol–water partition coefficient (Wildman–Crippen LogP) is 2.74. The van der Waals surface area contributed by atoms with Crippen molar-refractivity contribution in [1.29, 1.82) is 0 Å². The number of rotatable bonds is 4. The van der Waals surface area contributed by atoms with Crippen molar-refractivity contribution >= 4 is 5.78 Å². The van der Waals surface area contributed by atoms with Gasteiger partial charge in [-0.1, -0.05) is 13.8 Å². The normalized spacial score (nSPS) is 34.7. The first-order valence-corrected chi connectivity index (χ1v) is 7.96. The van der Waals surface area contributed by atoms with E-state index < -0.39 is 0 Å². The monoisotopic (exact) mass is 267 g/mol. The van der Waals surface area contributed by atoms with Crippen molar-refractivity contribution < 1.29 is 9.53 Å². The van der Waals surface area contributed by atoms with E-state index >= 15 is 0 Å². The van der Waals surface area contributed by atoms with Crippen LogP contribution in [0.4, 0.5) is 0 Å². The lowest BCUT2D eigenvalue weighted by Gasteiger charge is -2.38. The van der Waals surface area contributed by atoms with Gasteiger partial charge in [0.05, 0.1) is 6.10 Å². The maximum Gasteiger partial charge on any atom is 0.137 e. The molecule has 0 bridgehead atoms. The van der Waals surface area contributed by atoms with Crippen molar-refractivity contribution in [1.82, 2.24) is 4.90 Å². The SMILES string of the molecule is CCOC1CCN(CC2C(=O)CC(C)CC2C)CC1. The fourth-order valence-electron chi connectivity index (χ4n) is 3.75. The number of hydrogen-bond donors (Lipinski definition) is 0. The minimum atomic E-state index is 0.278. The van der Waals surface area contributed by atoms with Gasteiger partial charge >= 0.3 is 0 Å². The minimum Gasteiger partial charge on any atom is -0.378 e. The summed E-state index contributed by atoms with van der Waals surface area (Å²) in [4.78, 5) is 14.7. The Labute approximate surface area is 117 Å². The van der Waals surface area contributed by atoms with Crippen LogP contribution in [0.25, 0.3) is 0 Å². The van der Waals surface area contributed by atoms with Gasteiger partial charge in [0, 0.05) is 38.6 Å². The van der Waals surface area contributed by atoms with Crippen molar-refractivity contribution in [2.45, 2.75) is 52.6 Å². The van der Waals surface area contributed by atoms with E-state index in [-0.39, 0.29) is 5.92 Å². The molecule has 2 rings (SSSR count). The van der Waals surface area contributed by atoms with Gasteiger partial charge in [-0.25, -0.2) is 0 Å². The van der Waals surface area contributed by atoms with Crippen LogP contribution in [0, 0.1) is 17.8 Å². The van der Waals surface area contributed by atoms with Crippen LogP contribution in [0.2, 0.25) is 0 Å². The average Bonchev–Trinajstić information content (AvgIpc) is 2.36. The van der Waals surface area contributed by atoms with E-state index in [0.717, 1.165) is 45.5 Å². The Balaban J connectivity index is 1.80. The summed E-state index contributed by atoms with van der Waals surface area (Å²) >= 11 is 0. The Hall–Kier alpha value is -0.410. The third-order valence-electron chi connectivity index (χ3n) is 4.82. The van der Waals surface area contributed by atoms with Crippen LogP contribution in [0.15, 0.2) is 0 Å². The molecule has 1 saturated carbocycles. The topological polar surface area (TPSA) is 29.5 Å². The summed E-state index contributed by atoms with van der Waals surface area (Å²) in [5.74, 6) is 1.92. The fourth-order valence-corrected chi connectivity index (χ4v) is 3.75. The molecular formula is C16H29NO2. The summed E-state index contributed by atoms with van der Waals surface area (Å²) in [6.07, 6.45) is 4.70. The van der Waals surface area contributed by atoms with Crippen molar-refractivity contribution in [3.63, 3.8) is 0 Å². The summed E-state index contributed by atoms with van der Waals surface area (Å²) in [6, 6.07) is 0. The van der Waals surface area contributed by atoms with Crippen LogP contribution >= 0.6 is 0 Å². The minimum absolute atomic E-state index is 0.278. The number of piperidine rings is 1. The number of ether oxygens (including phenoxy) is 1. The van der Waals surface area contributed by atoms with E-state index in [1.165, 1.54) is 6.42 Å². The summed E-state index contributed by atoms with van der Waals surface area (Å²) in [5, 5.41) is 0. The molecule has 0 radical (unpaired) electrons. The number of likely N-dealkylation sites (tertiary alicyclic amines) is 1. The molecule has 19 heavy (non-hydrogen) atoms. The van der Waals surface area contributed by atoms with Gasteiger partial charge in [-0.05, 0) is 38.0 Å². The van der Waals surface area contributed by atoms with E-state index in [1.54, 1.807) is 0 Å². The molecule has 3 heteroatoms. The standard InChI is InChI=1S/C16H29NO2/c1-4-19-14-5-7-17(8-6-14)11-15-13(3)9-12(2)10-16(15)18/h12-15H,4-11H2,1-3H3. The van der Waals surface area contributed by atoms with Gasteiger partial charge < -0.3 is 9.64 Å². The van der Waals surface area contributed by atoms with Crippen LogP contribution in [-0.2, 0) is 9.53 Å². The van der Waals surface area contributed by atoms with Crippen molar-refractivity contribution in [2.75, 3.05) is 26.2 Å². The molecule has 0 aromatic carbocycles. The molecule has 3 nitrogen and oxygen atoms in total. The van der Waals surface area contributed by atoms with Crippen LogP contribution in [0.3, 0.4) is 0 Å². The summed E-state index contributed by atoms with van der Waals surface area (Å²) in [7, 11) is 0. The van der Waals surface area contributed by atoms with Crippen LogP contribution in [-0.4, -0.2) is 43.0 Å². The lowest BCUT2D eigenvalue weighted by molar-refractivity contribution is -0.129. The van der Waals surface area contributed by atoms with E-state index in [2.05, 4.69) is 25.7 Å². The highest BCUT2D eigenvalue weighted by molar-refractivity contribution is 5.82. The number of carbonyl (C=O) groups excluding carboxylic acids is 1. The molecule has 1 aliphatic heterocycles. The van der Waals surface area contributed by atoms with E-state index in [4.69, 9.17) is 4.74 Å². The molecule has 1 saturated heterocycles. The number of hydrogen-bond acceptors (Lipinski definition) is 3. The van der Waals surface area contributed by atoms with E-state index in [0.29, 0.717) is 23.7 Å². The molecule has 1 aliphatic carbocycles. The molecule has 2 fully saturated rings. The molecule has 110 valence electrons. The highest BCUT2D eigenvalue weighted by atomic mass is 16.5. The van der Waals surface area contributed by atoms with Gasteiger partial charge in [-0.15, -0.1) is 0 Å². The van der Waals surface area contributed by atoms with Gasteiger partial charge in [0.1, 0.15) is 5.78 Å². The third-order valence-corrected chi connectivity index (χ3v) is 4.82. The highest BCUT2D eigenvalue weighted by Gasteiger charge is 2.34. The third kappa shape index (κ3) is 4.03. The summed E-state index contributed by atoms with van der Waals surface area (Å²) in [6.45, 7) is 10.5. The summed E-state index contributed by atoms with van der Waals surface area (Å²) < 4.78 is 5.68. The molecule has 2 aliphatic rings. The van der Waals surface area contributed by atoms with Gasteiger partial charge in [0.25, 0.3) is 0 Å². The second kappa shape index (κ2) is 6.85. The Morgan fingerprint density at radius 1 is 1.26 bits per heavy atom. The molecule has 0 N–H and O–H groups in total. The van der Waals surface area contributed by atoms with E-state index in [9.17, 15) is 4.79 Å². The van der Waals surface area contributed by atoms with Crippen LogP contribution in [0.5, 0.6) is 0 Å². The second-order valence-corrected chi connectivity index (χ2v) is 6.55. The molecule has 0 amide bonds. The molecule has 0 aromatic heterocycles. The Morgan fingerprint density at radius 3 is 2.53 bits per heavy atom. The van der Waals surface area contributed by atoms with Crippen molar-refractivity contribution in [3.8, 4) is 0 Å². The Kier molecular flexibility index (Phi) is 5.40. The smallest absolute Gasteiger partial charge is 0.137 e. The van der Waals surface area contributed by atoms with E-state index in [1.807, 2.05) is 0 Å². The second-order valence-electron chi connectivity index (χ2n) is 6.55. The van der Waals surface area contributed by atoms with Gasteiger partial charge in [-0.3, -0.25) is 4.79 Å². The first-order chi connectivity index (χ1) is 9.10. The zero-order valence-corrected chi connectivity index (χ0v) is 12.7. The maximum atomic E-state index is 12.2. The average molecular weight is 267 g/mol. The van der Waals surface area contributed by atoms with Gasteiger partial charge in [0.2, 0.25) is 0 Å².